The number of carbonyl (C=O) groups is 1. The van der Waals surface area contributed by atoms with Crippen LogP contribution in [0.4, 0.5) is 0 Å². The van der Waals surface area contributed by atoms with Crippen LogP contribution >= 0.6 is 0 Å². The molecule has 106 valence electrons. The fraction of sp³-hybridized carbons (Fsp3) is 0.125. The summed E-state index contributed by atoms with van der Waals surface area (Å²) in [4.78, 5) is 11.3. The van der Waals surface area contributed by atoms with Crippen LogP contribution in [0.25, 0.3) is 17.4 Å². The number of hydrogen-bond donors (Lipinski definition) is 0. The quantitative estimate of drug-likeness (QED) is 0.490. The molecule has 0 N–H and O–H groups in total. The van der Waals surface area contributed by atoms with Crippen molar-refractivity contribution < 1.29 is 18.7 Å². The van der Waals surface area contributed by atoms with Crippen LogP contribution in [0.3, 0.4) is 0 Å². The lowest BCUT2D eigenvalue weighted by atomic mass is 10.2. The Morgan fingerprint density at radius 1 is 1.19 bits per heavy atom. The van der Waals surface area contributed by atoms with E-state index in [2.05, 4.69) is 4.74 Å². The van der Waals surface area contributed by atoms with E-state index in [0.29, 0.717) is 11.5 Å². The summed E-state index contributed by atoms with van der Waals surface area (Å²) < 4.78 is 15.2. The molecule has 5 nitrogen and oxygen atoms in total. The van der Waals surface area contributed by atoms with Gasteiger partial charge in [-0.25, -0.2) is 4.79 Å². The third-order valence-corrected chi connectivity index (χ3v) is 2.81. The van der Waals surface area contributed by atoms with Gasteiger partial charge >= 0.3 is 5.97 Å². The number of rotatable bonds is 4. The molecule has 0 saturated carbocycles. The van der Waals surface area contributed by atoms with Crippen LogP contribution in [0.2, 0.25) is 0 Å². The van der Waals surface area contributed by atoms with E-state index in [0.717, 1.165) is 11.3 Å². The monoisotopic (exact) mass is 283 g/mol. The minimum atomic E-state index is -0.695. The molecule has 0 atom stereocenters. The molecule has 0 unspecified atom stereocenters. The number of benzene rings is 1. The molecule has 2 rings (SSSR count). The van der Waals surface area contributed by atoms with E-state index in [1.807, 2.05) is 24.3 Å². The molecule has 0 radical (unpaired) electrons. The van der Waals surface area contributed by atoms with E-state index in [1.54, 1.807) is 25.3 Å². The fourth-order valence-electron chi connectivity index (χ4n) is 1.73. The molecule has 0 spiro atoms. The standard InChI is InChI=1S/C16H13NO4/c1-19-13-5-3-11(4-6-13)15-8-7-14(21-15)9-12(10-17)16(18)20-2/h3-9H,1-2H3/b12-9+. The molecular weight excluding hydrogens is 270 g/mol. The van der Waals surface area contributed by atoms with Gasteiger partial charge in [0.25, 0.3) is 0 Å². The van der Waals surface area contributed by atoms with Crippen LogP contribution in [0, 0.1) is 11.3 Å². The van der Waals surface area contributed by atoms with E-state index in [9.17, 15) is 4.79 Å². The van der Waals surface area contributed by atoms with Gasteiger partial charge in [-0.15, -0.1) is 0 Å². The van der Waals surface area contributed by atoms with Gasteiger partial charge in [-0.05, 0) is 36.4 Å². The second-order valence-corrected chi connectivity index (χ2v) is 4.09. The summed E-state index contributed by atoms with van der Waals surface area (Å²) in [6, 6.07) is 12.6. The summed E-state index contributed by atoms with van der Waals surface area (Å²) >= 11 is 0. The van der Waals surface area contributed by atoms with Gasteiger partial charge in [0.1, 0.15) is 28.9 Å². The SMILES string of the molecule is COC(=O)/C(C#N)=C/c1ccc(-c2ccc(OC)cc2)o1. The van der Waals surface area contributed by atoms with Crippen LogP contribution in [0.15, 0.2) is 46.4 Å². The molecule has 5 heteroatoms. The maximum absolute atomic E-state index is 11.3. The average Bonchev–Trinajstić information content (AvgIpc) is 3.00. The van der Waals surface area contributed by atoms with E-state index in [1.165, 1.54) is 13.2 Å². The molecule has 21 heavy (non-hydrogen) atoms. The number of hydrogen-bond acceptors (Lipinski definition) is 5. The van der Waals surface area contributed by atoms with Crippen LogP contribution in [0.1, 0.15) is 5.76 Å². The maximum atomic E-state index is 11.3. The van der Waals surface area contributed by atoms with Crippen LogP contribution in [0.5, 0.6) is 5.75 Å². The van der Waals surface area contributed by atoms with Crippen molar-refractivity contribution >= 4 is 12.0 Å². The van der Waals surface area contributed by atoms with Gasteiger partial charge in [-0.2, -0.15) is 5.26 Å². The van der Waals surface area contributed by atoms with Gasteiger partial charge < -0.3 is 13.9 Å². The van der Waals surface area contributed by atoms with Gasteiger partial charge in [-0.3, -0.25) is 0 Å². The van der Waals surface area contributed by atoms with E-state index in [-0.39, 0.29) is 5.57 Å². The zero-order valence-electron chi connectivity index (χ0n) is 11.6. The van der Waals surface area contributed by atoms with Crippen molar-refractivity contribution in [2.75, 3.05) is 14.2 Å². The van der Waals surface area contributed by atoms with E-state index in [4.69, 9.17) is 14.4 Å². The highest BCUT2D eigenvalue weighted by Gasteiger charge is 2.10. The Balaban J connectivity index is 2.27. The van der Waals surface area contributed by atoms with Crippen molar-refractivity contribution in [1.82, 2.24) is 0 Å². The lowest BCUT2D eigenvalue weighted by Gasteiger charge is -2.00. The smallest absolute Gasteiger partial charge is 0.348 e. The molecule has 2 aromatic rings. The fourth-order valence-corrected chi connectivity index (χ4v) is 1.73. The van der Waals surface area contributed by atoms with Gasteiger partial charge in [0.15, 0.2) is 0 Å². The Kier molecular flexibility index (Phi) is 4.42. The highest BCUT2D eigenvalue weighted by atomic mass is 16.5. The Hall–Kier alpha value is -3.00. The number of nitriles is 1. The topological polar surface area (TPSA) is 72.5 Å². The molecule has 0 aliphatic heterocycles. The third-order valence-electron chi connectivity index (χ3n) is 2.81. The zero-order chi connectivity index (χ0) is 15.2. The second kappa shape index (κ2) is 6.44. The van der Waals surface area contributed by atoms with Crippen molar-refractivity contribution in [3.63, 3.8) is 0 Å². The van der Waals surface area contributed by atoms with Gasteiger partial charge in [0.05, 0.1) is 14.2 Å². The van der Waals surface area contributed by atoms with Crippen molar-refractivity contribution in [2.24, 2.45) is 0 Å². The van der Waals surface area contributed by atoms with Crippen LogP contribution in [-0.4, -0.2) is 20.2 Å². The first-order valence-corrected chi connectivity index (χ1v) is 6.12. The Labute approximate surface area is 122 Å². The van der Waals surface area contributed by atoms with E-state index >= 15 is 0 Å². The van der Waals surface area contributed by atoms with Gasteiger partial charge in [0, 0.05) is 11.6 Å². The highest BCUT2D eigenvalue weighted by Crippen LogP contribution is 2.25. The first-order valence-electron chi connectivity index (χ1n) is 6.12. The first kappa shape index (κ1) is 14.4. The third kappa shape index (κ3) is 3.31. The highest BCUT2D eigenvalue weighted by molar-refractivity contribution is 5.97. The van der Waals surface area contributed by atoms with Crippen molar-refractivity contribution in [1.29, 1.82) is 5.26 Å². The first-order chi connectivity index (χ1) is 10.2. The Bertz CT molecular complexity index is 705. The number of esters is 1. The van der Waals surface area contributed by atoms with Gasteiger partial charge in [0.2, 0.25) is 0 Å². The average molecular weight is 283 g/mol. The molecule has 1 aromatic carbocycles. The number of nitrogens with zero attached hydrogens (tertiary/aromatic N) is 1. The minimum Gasteiger partial charge on any atom is -0.497 e. The zero-order valence-corrected chi connectivity index (χ0v) is 11.6. The Morgan fingerprint density at radius 2 is 1.90 bits per heavy atom. The molecule has 0 bridgehead atoms. The predicted molar refractivity (Wildman–Crippen MR) is 76.3 cm³/mol. The predicted octanol–water partition coefficient (Wildman–Crippen LogP) is 3.04. The lowest BCUT2D eigenvalue weighted by molar-refractivity contribution is -0.135. The molecule has 1 aromatic heterocycles. The Morgan fingerprint density at radius 3 is 2.48 bits per heavy atom. The van der Waals surface area contributed by atoms with Crippen molar-refractivity contribution in [3.8, 4) is 23.1 Å². The number of furan rings is 1. The molecule has 0 saturated heterocycles. The summed E-state index contributed by atoms with van der Waals surface area (Å²) in [5.41, 5.74) is 0.750. The second-order valence-electron chi connectivity index (χ2n) is 4.09. The van der Waals surface area contributed by atoms with Crippen molar-refractivity contribution in [3.05, 3.63) is 47.7 Å². The normalized spacial score (nSPS) is 10.8. The van der Waals surface area contributed by atoms with E-state index < -0.39 is 5.97 Å². The number of ether oxygens (including phenoxy) is 2. The summed E-state index contributed by atoms with van der Waals surface area (Å²) in [7, 11) is 2.82. The molecule has 0 amide bonds. The number of carbonyl (C=O) groups excluding carboxylic acids is 1. The van der Waals surface area contributed by atoms with Crippen LogP contribution < -0.4 is 4.74 Å². The van der Waals surface area contributed by atoms with Gasteiger partial charge in [-0.1, -0.05) is 0 Å². The number of methoxy groups -OCH3 is 2. The summed E-state index contributed by atoms with van der Waals surface area (Å²) in [5, 5.41) is 8.90. The molecule has 0 aliphatic carbocycles. The minimum absolute atomic E-state index is 0.117. The molecule has 0 aliphatic rings. The summed E-state index contributed by atoms with van der Waals surface area (Å²) in [6.07, 6.45) is 1.35. The molecular formula is C16H13NO4. The summed E-state index contributed by atoms with van der Waals surface area (Å²) in [6.45, 7) is 0. The molecule has 1 heterocycles. The maximum Gasteiger partial charge on any atom is 0.348 e. The van der Waals surface area contributed by atoms with Crippen LogP contribution in [-0.2, 0) is 9.53 Å². The lowest BCUT2D eigenvalue weighted by Crippen LogP contribution is -2.02. The van der Waals surface area contributed by atoms with Crippen molar-refractivity contribution in [2.45, 2.75) is 0 Å². The molecule has 0 fully saturated rings. The largest absolute Gasteiger partial charge is 0.497 e. The summed E-state index contributed by atoms with van der Waals surface area (Å²) in [5.74, 6) is 1.09.